The number of hydrogen-bond donors (Lipinski definition) is 3. The van der Waals surface area contributed by atoms with E-state index in [0.717, 1.165) is 25.7 Å². The Kier molecular flexibility index (Phi) is 6.08. The molecule has 1 saturated heterocycles. The Morgan fingerprint density at radius 2 is 2.21 bits per heavy atom. The number of carboxylic acids is 1. The van der Waals surface area contributed by atoms with E-state index in [0.29, 0.717) is 19.6 Å². The summed E-state index contributed by atoms with van der Waals surface area (Å²) in [7, 11) is 0. The number of ether oxygens (including phenoxy) is 1. The third-order valence-corrected chi connectivity index (χ3v) is 3.37. The van der Waals surface area contributed by atoms with E-state index in [4.69, 9.17) is 9.84 Å². The van der Waals surface area contributed by atoms with E-state index in [2.05, 4.69) is 10.6 Å². The molecular formula is C13H24N2O4. The van der Waals surface area contributed by atoms with Crippen molar-refractivity contribution >= 4 is 12.0 Å². The lowest BCUT2D eigenvalue weighted by molar-refractivity contribution is -0.139. The molecule has 2 unspecified atom stereocenters. The monoisotopic (exact) mass is 272 g/mol. The van der Waals surface area contributed by atoms with Gasteiger partial charge in [0.1, 0.15) is 6.04 Å². The van der Waals surface area contributed by atoms with Gasteiger partial charge in [-0.3, -0.25) is 0 Å². The van der Waals surface area contributed by atoms with Gasteiger partial charge >= 0.3 is 12.0 Å². The maximum Gasteiger partial charge on any atom is 0.326 e. The molecule has 6 nitrogen and oxygen atoms in total. The summed E-state index contributed by atoms with van der Waals surface area (Å²) in [6.45, 7) is 5.05. The number of rotatable bonds is 7. The average molecular weight is 272 g/mol. The van der Waals surface area contributed by atoms with Crippen molar-refractivity contribution in [2.24, 2.45) is 0 Å². The fourth-order valence-corrected chi connectivity index (χ4v) is 2.12. The number of aliphatic carboxylic acids is 1. The summed E-state index contributed by atoms with van der Waals surface area (Å²) >= 11 is 0. The van der Waals surface area contributed by atoms with Gasteiger partial charge in [-0.25, -0.2) is 9.59 Å². The summed E-state index contributed by atoms with van der Waals surface area (Å²) in [4.78, 5) is 22.7. The van der Waals surface area contributed by atoms with Crippen molar-refractivity contribution in [2.45, 2.75) is 57.6 Å². The molecule has 1 rings (SSSR count). The van der Waals surface area contributed by atoms with E-state index in [1.165, 1.54) is 0 Å². The fourth-order valence-electron chi connectivity index (χ4n) is 2.12. The van der Waals surface area contributed by atoms with E-state index in [1.807, 2.05) is 13.8 Å². The SMILES string of the molecule is CCCCC(NC(=O)NCC1(C)CCCO1)C(=O)O. The van der Waals surface area contributed by atoms with E-state index >= 15 is 0 Å². The molecule has 2 atom stereocenters. The summed E-state index contributed by atoms with van der Waals surface area (Å²) in [6.07, 6.45) is 4.03. The number of amides is 2. The van der Waals surface area contributed by atoms with Crippen LogP contribution in [0.1, 0.15) is 46.0 Å². The first-order valence-electron chi connectivity index (χ1n) is 6.88. The van der Waals surface area contributed by atoms with Gasteiger partial charge in [0.25, 0.3) is 0 Å². The summed E-state index contributed by atoms with van der Waals surface area (Å²) in [5.74, 6) is -0.994. The van der Waals surface area contributed by atoms with Gasteiger partial charge in [0, 0.05) is 13.2 Å². The summed E-state index contributed by atoms with van der Waals surface area (Å²) in [5, 5.41) is 14.2. The highest BCUT2D eigenvalue weighted by atomic mass is 16.5. The van der Waals surface area contributed by atoms with Crippen LogP contribution in [-0.4, -0.2) is 41.9 Å². The quantitative estimate of drug-likeness (QED) is 0.655. The summed E-state index contributed by atoms with van der Waals surface area (Å²) in [6, 6.07) is -1.27. The Morgan fingerprint density at radius 3 is 2.74 bits per heavy atom. The first-order chi connectivity index (χ1) is 8.97. The first kappa shape index (κ1) is 15.8. The van der Waals surface area contributed by atoms with Crippen LogP contribution in [-0.2, 0) is 9.53 Å². The highest BCUT2D eigenvalue weighted by Gasteiger charge is 2.30. The molecule has 2 amide bonds. The predicted octanol–water partition coefficient (Wildman–Crippen LogP) is 1.50. The lowest BCUT2D eigenvalue weighted by atomic mass is 10.0. The van der Waals surface area contributed by atoms with Crippen molar-refractivity contribution in [3.63, 3.8) is 0 Å². The van der Waals surface area contributed by atoms with Crippen molar-refractivity contribution in [2.75, 3.05) is 13.2 Å². The second-order valence-electron chi connectivity index (χ2n) is 5.26. The number of carbonyl (C=O) groups is 2. The van der Waals surface area contributed by atoms with Crippen LogP contribution >= 0.6 is 0 Å². The molecule has 0 saturated carbocycles. The van der Waals surface area contributed by atoms with Gasteiger partial charge in [-0.05, 0) is 26.2 Å². The molecule has 1 aliphatic rings. The molecule has 0 aromatic carbocycles. The molecule has 19 heavy (non-hydrogen) atoms. The van der Waals surface area contributed by atoms with Crippen LogP contribution in [0.25, 0.3) is 0 Å². The lowest BCUT2D eigenvalue weighted by Gasteiger charge is -2.24. The Morgan fingerprint density at radius 1 is 1.47 bits per heavy atom. The lowest BCUT2D eigenvalue weighted by Crippen LogP contribution is -2.49. The Bertz CT molecular complexity index is 314. The van der Waals surface area contributed by atoms with Crippen molar-refractivity contribution in [3.8, 4) is 0 Å². The number of hydrogen-bond acceptors (Lipinski definition) is 3. The number of nitrogens with one attached hydrogen (secondary N) is 2. The zero-order valence-electron chi connectivity index (χ0n) is 11.7. The van der Waals surface area contributed by atoms with E-state index in [9.17, 15) is 9.59 Å². The maximum atomic E-state index is 11.7. The Balaban J connectivity index is 2.33. The van der Waals surface area contributed by atoms with Crippen molar-refractivity contribution in [3.05, 3.63) is 0 Å². The van der Waals surface area contributed by atoms with Gasteiger partial charge in [-0.15, -0.1) is 0 Å². The molecule has 1 aliphatic heterocycles. The van der Waals surface area contributed by atoms with Gasteiger partial charge < -0.3 is 20.5 Å². The highest BCUT2D eigenvalue weighted by molar-refractivity contribution is 5.82. The third-order valence-electron chi connectivity index (χ3n) is 3.37. The van der Waals surface area contributed by atoms with Crippen LogP contribution < -0.4 is 10.6 Å². The van der Waals surface area contributed by atoms with Crippen LogP contribution in [0.3, 0.4) is 0 Å². The zero-order chi connectivity index (χ0) is 14.3. The smallest absolute Gasteiger partial charge is 0.326 e. The molecule has 0 aliphatic carbocycles. The van der Waals surface area contributed by atoms with Crippen molar-refractivity contribution in [1.29, 1.82) is 0 Å². The molecule has 6 heteroatoms. The minimum atomic E-state index is -0.994. The molecular weight excluding hydrogens is 248 g/mol. The second-order valence-corrected chi connectivity index (χ2v) is 5.26. The number of unbranched alkanes of at least 4 members (excludes halogenated alkanes) is 1. The molecule has 0 radical (unpaired) electrons. The van der Waals surface area contributed by atoms with Gasteiger partial charge in [0.15, 0.2) is 0 Å². The normalized spacial score (nSPS) is 23.9. The zero-order valence-corrected chi connectivity index (χ0v) is 11.7. The van der Waals surface area contributed by atoms with E-state index in [-0.39, 0.29) is 5.60 Å². The van der Waals surface area contributed by atoms with Crippen LogP contribution in [0.4, 0.5) is 4.79 Å². The topological polar surface area (TPSA) is 87.7 Å². The largest absolute Gasteiger partial charge is 0.480 e. The molecule has 0 aromatic rings. The average Bonchev–Trinajstić information content (AvgIpc) is 2.79. The second kappa shape index (κ2) is 7.33. The highest BCUT2D eigenvalue weighted by Crippen LogP contribution is 2.23. The van der Waals surface area contributed by atoms with Crippen LogP contribution in [0.2, 0.25) is 0 Å². The molecule has 0 aromatic heterocycles. The van der Waals surface area contributed by atoms with Crippen LogP contribution in [0.5, 0.6) is 0 Å². The number of carbonyl (C=O) groups excluding carboxylic acids is 1. The Hall–Kier alpha value is -1.30. The minimum Gasteiger partial charge on any atom is -0.480 e. The van der Waals surface area contributed by atoms with Crippen molar-refractivity contribution < 1.29 is 19.4 Å². The van der Waals surface area contributed by atoms with Gasteiger partial charge in [-0.2, -0.15) is 0 Å². The predicted molar refractivity (Wildman–Crippen MR) is 71.1 cm³/mol. The molecule has 0 bridgehead atoms. The number of urea groups is 1. The van der Waals surface area contributed by atoms with Crippen molar-refractivity contribution in [1.82, 2.24) is 10.6 Å². The van der Waals surface area contributed by atoms with Gasteiger partial charge in [0.05, 0.1) is 5.60 Å². The maximum absolute atomic E-state index is 11.7. The Labute approximate surface area is 113 Å². The third kappa shape index (κ3) is 5.46. The minimum absolute atomic E-state index is 0.320. The van der Waals surface area contributed by atoms with E-state index < -0.39 is 18.0 Å². The summed E-state index contributed by atoms with van der Waals surface area (Å²) in [5.41, 5.74) is -0.320. The first-order valence-corrected chi connectivity index (χ1v) is 6.88. The molecule has 1 heterocycles. The van der Waals surface area contributed by atoms with Gasteiger partial charge in [-0.1, -0.05) is 19.8 Å². The molecule has 3 N–H and O–H groups in total. The summed E-state index contributed by atoms with van der Waals surface area (Å²) < 4.78 is 5.55. The van der Waals surface area contributed by atoms with Crippen LogP contribution in [0, 0.1) is 0 Å². The van der Waals surface area contributed by atoms with Crippen LogP contribution in [0.15, 0.2) is 0 Å². The fraction of sp³-hybridized carbons (Fsp3) is 0.846. The number of carboxylic acid groups (broad SMARTS) is 1. The standard InChI is InChI=1S/C13H24N2O4/c1-3-4-6-10(11(16)17)15-12(18)14-9-13(2)7-5-8-19-13/h10H,3-9H2,1-2H3,(H,16,17)(H2,14,15,18). The molecule has 1 fully saturated rings. The van der Waals surface area contributed by atoms with Gasteiger partial charge in [0.2, 0.25) is 0 Å². The molecule has 0 spiro atoms. The molecule has 110 valence electrons. The van der Waals surface area contributed by atoms with E-state index in [1.54, 1.807) is 0 Å².